The van der Waals surface area contributed by atoms with Crippen LogP contribution in [0.1, 0.15) is 16.7 Å². The van der Waals surface area contributed by atoms with Crippen molar-refractivity contribution in [3.63, 3.8) is 0 Å². The highest BCUT2D eigenvalue weighted by molar-refractivity contribution is 6.71. The van der Waals surface area contributed by atoms with E-state index in [2.05, 4.69) is 83.2 Å². The summed E-state index contributed by atoms with van der Waals surface area (Å²) in [7, 11) is -5.88. The maximum Gasteiger partial charge on any atom is 0.309 e. The van der Waals surface area contributed by atoms with Gasteiger partial charge < -0.3 is 18.0 Å². The Balaban J connectivity index is 1.98. The molecule has 3 rings (SSSR count). The van der Waals surface area contributed by atoms with Crippen LogP contribution in [-0.2, 0) is 13.0 Å². The first-order chi connectivity index (χ1) is 16.7. The van der Waals surface area contributed by atoms with Gasteiger partial charge in [-0.3, -0.25) is 0 Å². The van der Waals surface area contributed by atoms with E-state index >= 15 is 0 Å². The van der Waals surface area contributed by atoms with Crippen molar-refractivity contribution in [1.29, 1.82) is 0 Å². The number of nitrogens with zero attached hydrogens (tertiary/aromatic N) is 2. The minimum atomic E-state index is -1.97. The summed E-state index contributed by atoms with van der Waals surface area (Å²) >= 11 is 0. The number of rotatable bonds is 11. The maximum atomic E-state index is 6.48. The zero-order valence-electron chi connectivity index (χ0n) is 23.1. The van der Waals surface area contributed by atoms with Gasteiger partial charge in [-0.05, 0) is 82.2 Å². The standard InChI is InChI=1S/C27H40N2O4Si3/c1-34(2,3)31-25-24(26(32-35(4,5)6)29-27(28-25)33-36(7,8)9)19-22-16-13-17-23(18-22)30-20-21-14-11-10-12-15-21/h10-18H,19-20H2,1-9H3. The van der Waals surface area contributed by atoms with Crippen LogP contribution in [0.15, 0.2) is 54.6 Å². The van der Waals surface area contributed by atoms with E-state index in [4.69, 9.17) is 28.0 Å². The second-order valence-corrected chi connectivity index (χ2v) is 25.1. The fourth-order valence-corrected chi connectivity index (χ4v) is 5.47. The third-order valence-corrected chi connectivity index (χ3v) is 7.05. The van der Waals surface area contributed by atoms with Crippen molar-refractivity contribution >= 4 is 25.0 Å². The van der Waals surface area contributed by atoms with E-state index in [0.717, 1.165) is 22.4 Å². The van der Waals surface area contributed by atoms with Crippen LogP contribution in [0.25, 0.3) is 0 Å². The second kappa shape index (κ2) is 11.2. The zero-order valence-corrected chi connectivity index (χ0v) is 26.1. The van der Waals surface area contributed by atoms with Crippen molar-refractivity contribution in [2.75, 3.05) is 0 Å². The molecule has 194 valence electrons. The maximum absolute atomic E-state index is 6.48. The Morgan fingerprint density at radius 3 is 1.67 bits per heavy atom. The lowest BCUT2D eigenvalue weighted by Crippen LogP contribution is -2.34. The molecule has 0 N–H and O–H groups in total. The fourth-order valence-electron chi connectivity index (χ4n) is 3.34. The molecule has 0 aliphatic rings. The number of aromatic nitrogens is 2. The summed E-state index contributed by atoms with van der Waals surface area (Å²) in [6, 6.07) is 18.6. The molecule has 6 nitrogen and oxygen atoms in total. The molecule has 0 saturated carbocycles. The molecular weight excluding hydrogens is 501 g/mol. The number of hydrogen-bond donors (Lipinski definition) is 0. The molecule has 0 unspecified atom stereocenters. The number of ether oxygens (including phenoxy) is 1. The van der Waals surface area contributed by atoms with Gasteiger partial charge in [0.05, 0.1) is 5.56 Å². The average Bonchev–Trinajstić information content (AvgIpc) is 2.72. The first-order valence-electron chi connectivity index (χ1n) is 12.4. The van der Waals surface area contributed by atoms with E-state index in [-0.39, 0.29) is 0 Å². The predicted octanol–water partition coefficient (Wildman–Crippen LogP) is 7.29. The van der Waals surface area contributed by atoms with Crippen LogP contribution in [0.3, 0.4) is 0 Å². The molecule has 0 radical (unpaired) electrons. The van der Waals surface area contributed by atoms with Gasteiger partial charge in [0.1, 0.15) is 12.4 Å². The minimum absolute atomic E-state index is 0.333. The lowest BCUT2D eigenvalue weighted by molar-refractivity contribution is 0.306. The second-order valence-electron chi connectivity index (χ2n) is 11.8. The van der Waals surface area contributed by atoms with Crippen LogP contribution in [0.5, 0.6) is 23.5 Å². The summed E-state index contributed by atoms with van der Waals surface area (Å²) < 4.78 is 25.2. The Bertz CT molecular complexity index is 1120. The number of benzene rings is 2. The Kier molecular flexibility index (Phi) is 8.68. The first-order valence-corrected chi connectivity index (χ1v) is 22.6. The highest BCUT2D eigenvalue weighted by Crippen LogP contribution is 2.34. The minimum Gasteiger partial charge on any atom is -0.531 e. The Hall–Kier alpha value is -2.63. The summed E-state index contributed by atoms with van der Waals surface area (Å²) in [6.07, 6.45) is 0.565. The van der Waals surface area contributed by atoms with Gasteiger partial charge in [0.2, 0.25) is 36.7 Å². The third kappa shape index (κ3) is 9.44. The summed E-state index contributed by atoms with van der Waals surface area (Å²) in [4.78, 5) is 9.49. The van der Waals surface area contributed by atoms with Crippen molar-refractivity contribution in [2.24, 2.45) is 0 Å². The quantitative estimate of drug-likeness (QED) is 0.238. The van der Waals surface area contributed by atoms with Crippen molar-refractivity contribution < 1.29 is 18.0 Å². The van der Waals surface area contributed by atoms with Crippen molar-refractivity contribution in [3.8, 4) is 23.5 Å². The third-order valence-electron chi connectivity index (χ3n) is 4.64. The fraction of sp³-hybridized carbons (Fsp3) is 0.407. The van der Waals surface area contributed by atoms with Gasteiger partial charge in [-0.25, -0.2) is 0 Å². The molecular formula is C27H40N2O4Si3. The van der Waals surface area contributed by atoms with E-state index in [1.54, 1.807) is 0 Å². The topological polar surface area (TPSA) is 62.7 Å². The van der Waals surface area contributed by atoms with Gasteiger partial charge in [0.25, 0.3) is 0 Å². The molecule has 2 aromatic carbocycles. The molecule has 0 saturated heterocycles. The molecule has 0 fully saturated rings. The van der Waals surface area contributed by atoms with Crippen LogP contribution in [0.2, 0.25) is 58.9 Å². The molecule has 3 aromatic rings. The summed E-state index contributed by atoms with van der Waals surface area (Å²) in [6.45, 7) is 19.7. The molecule has 0 amide bonds. The summed E-state index contributed by atoms with van der Waals surface area (Å²) in [5.74, 6) is 1.93. The monoisotopic (exact) mass is 540 g/mol. The molecule has 0 aliphatic carbocycles. The van der Waals surface area contributed by atoms with Crippen LogP contribution < -0.4 is 18.0 Å². The molecule has 1 heterocycles. The Morgan fingerprint density at radius 1 is 0.611 bits per heavy atom. The van der Waals surface area contributed by atoms with E-state index in [9.17, 15) is 0 Å². The lowest BCUT2D eigenvalue weighted by atomic mass is 10.1. The molecule has 0 spiro atoms. The normalized spacial score (nSPS) is 12.2. The zero-order chi connectivity index (χ0) is 26.6. The van der Waals surface area contributed by atoms with E-state index in [0.29, 0.717) is 30.8 Å². The van der Waals surface area contributed by atoms with Gasteiger partial charge in [-0.1, -0.05) is 42.5 Å². The molecule has 1 aromatic heterocycles. The molecule has 0 bridgehead atoms. The van der Waals surface area contributed by atoms with E-state index < -0.39 is 25.0 Å². The van der Waals surface area contributed by atoms with Gasteiger partial charge >= 0.3 is 6.01 Å². The highest BCUT2D eigenvalue weighted by atomic mass is 28.4. The van der Waals surface area contributed by atoms with Crippen LogP contribution in [-0.4, -0.2) is 34.9 Å². The summed E-state index contributed by atoms with van der Waals surface area (Å²) in [5, 5.41) is 0. The SMILES string of the molecule is C[Si](C)(C)Oc1nc(O[Si](C)(C)C)c(Cc2cccc(OCc3ccccc3)c2)c(O[Si](C)(C)C)n1. The Morgan fingerprint density at radius 2 is 1.14 bits per heavy atom. The smallest absolute Gasteiger partial charge is 0.309 e. The predicted molar refractivity (Wildman–Crippen MR) is 154 cm³/mol. The first kappa shape index (κ1) is 27.9. The van der Waals surface area contributed by atoms with Crippen LogP contribution in [0, 0.1) is 0 Å². The highest BCUT2D eigenvalue weighted by Gasteiger charge is 2.29. The van der Waals surface area contributed by atoms with Gasteiger partial charge in [0, 0.05) is 6.42 Å². The largest absolute Gasteiger partial charge is 0.531 e. The van der Waals surface area contributed by atoms with E-state index in [1.165, 1.54) is 0 Å². The van der Waals surface area contributed by atoms with Crippen molar-refractivity contribution in [1.82, 2.24) is 9.97 Å². The van der Waals surface area contributed by atoms with Crippen molar-refractivity contribution in [2.45, 2.75) is 72.0 Å². The van der Waals surface area contributed by atoms with Crippen LogP contribution >= 0.6 is 0 Å². The van der Waals surface area contributed by atoms with Crippen LogP contribution in [0.4, 0.5) is 0 Å². The lowest BCUT2D eigenvalue weighted by Gasteiger charge is -2.26. The van der Waals surface area contributed by atoms with Crippen molar-refractivity contribution in [3.05, 3.63) is 71.3 Å². The average molecular weight is 541 g/mol. The molecule has 36 heavy (non-hydrogen) atoms. The van der Waals surface area contributed by atoms with Gasteiger partial charge in [-0.2, -0.15) is 9.97 Å². The molecule has 0 atom stereocenters. The van der Waals surface area contributed by atoms with E-state index in [1.807, 2.05) is 30.3 Å². The number of hydrogen-bond acceptors (Lipinski definition) is 6. The van der Waals surface area contributed by atoms with Gasteiger partial charge in [0.15, 0.2) is 0 Å². The molecule has 0 aliphatic heterocycles. The van der Waals surface area contributed by atoms with Gasteiger partial charge in [-0.15, -0.1) is 0 Å². The Labute approximate surface area is 219 Å². The molecule has 9 heteroatoms. The summed E-state index contributed by atoms with van der Waals surface area (Å²) in [5.41, 5.74) is 3.05.